The van der Waals surface area contributed by atoms with Crippen LogP contribution in [0.4, 0.5) is 0 Å². The van der Waals surface area contributed by atoms with E-state index in [1.165, 1.54) is 0 Å². The van der Waals surface area contributed by atoms with Crippen molar-refractivity contribution in [2.45, 2.75) is 79.8 Å². The predicted molar refractivity (Wildman–Crippen MR) is 117 cm³/mol. The summed E-state index contributed by atoms with van der Waals surface area (Å²) in [6.45, 7) is 22.3. The van der Waals surface area contributed by atoms with Crippen LogP contribution >= 0.6 is 0 Å². The summed E-state index contributed by atoms with van der Waals surface area (Å²) in [5.41, 5.74) is 1.05. The molecule has 0 aromatic heterocycles. The molecule has 148 valence electrons. The predicted octanol–water partition coefficient (Wildman–Crippen LogP) is 6.76. The van der Waals surface area contributed by atoms with E-state index in [2.05, 4.69) is 67.7 Å². The maximum atomic E-state index is 11.4. The fraction of sp³-hybridized carbons (Fsp3) is 0.667. The second-order valence-corrected chi connectivity index (χ2v) is 19.2. The molecule has 0 aliphatic heterocycles. The zero-order valence-corrected chi connectivity index (χ0v) is 20.4. The van der Waals surface area contributed by atoms with Gasteiger partial charge in [-0.1, -0.05) is 41.5 Å². The lowest BCUT2D eigenvalue weighted by Crippen LogP contribution is -2.39. The second-order valence-electron chi connectivity index (χ2n) is 11.1. The molecule has 0 spiro atoms. The average Bonchev–Trinajstić information content (AvgIpc) is 2.30. The first-order valence-corrected chi connectivity index (χ1v) is 15.7. The van der Waals surface area contributed by atoms with Crippen molar-refractivity contribution in [1.29, 1.82) is 0 Å². The molecule has 3 nitrogen and oxygen atoms in total. The van der Waals surface area contributed by atoms with Crippen LogP contribution in [0.15, 0.2) is 18.2 Å². The highest BCUT2D eigenvalue weighted by Crippen LogP contribution is 2.34. The van der Waals surface area contributed by atoms with Crippen molar-refractivity contribution in [3.63, 3.8) is 0 Å². The maximum Gasteiger partial charge on any atom is 0.245 e. The van der Waals surface area contributed by atoms with Crippen molar-refractivity contribution < 1.29 is 13.6 Å². The molecule has 0 aliphatic carbocycles. The monoisotopic (exact) mass is 394 g/mol. The summed E-state index contributed by atoms with van der Waals surface area (Å²) in [7, 11) is -3.79. The number of aldehydes is 1. The van der Waals surface area contributed by atoms with Gasteiger partial charge in [0.1, 0.15) is 17.8 Å². The van der Waals surface area contributed by atoms with Crippen LogP contribution in [0.25, 0.3) is 0 Å². The van der Waals surface area contributed by atoms with E-state index in [1.807, 2.05) is 18.2 Å². The minimum Gasteiger partial charge on any atom is -0.544 e. The van der Waals surface area contributed by atoms with Crippen molar-refractivity contribution >= 4 is 22.9 Å². The number of rotatable bonds is 7. The minimum absolute atomic E-state index is 0.221. The smallest absolute Gasteiger partial charge is 0.245 e. The Bertz CT molecular complexity index is 575. The molecule has 0 fully saturated rings. The normalized spacial score (nSPS) is 13.5. The standard InChI is InChI=1S/C21H38O3Si2/c1-20(2,3)15-25(7,8)23-18-11-17(14-22)12-19(13-18)24-26(9,10)16-21(4,5)6/h11-14H,15-16H2,1-10H3. The van der Waals surface area contributed by atoms with Crippen LogP contribution in [0.1, 0.15) is 51.9 Å². The topological polar surface area (TPSA) is 35.5 Å². The Hall–Kier alpha value is -1.08. The van der Waals surface area contributed by atoms with Gasteiger partial charge in [-0.2, -0.15) is 0 Å². The molecule has 5 heteroatoms. The minimum atomic E-state index is -1.90. The Labute approximate surface area is 162 Å². The third-order valence-corrected chi connectivity index (χ3v) is 9.14. The molecule has 1 aromatic rings. The molecule has 0 amide bonds. The van der Waals surface area contributed by atoms with Crippen LogP contribution in [0, 0.1) is 10.8 Å². The molecule has 0 bridgehead atoms. The summed E-state index contributed by atoms with van der Waals surface area (Å²) in [5.74, 6) is 1.51. The van der Waals surface area contributed by atoms with Crippen LogP contribution in [-0.2, 0) is 0 Å². The maximum absolute atomic E-state index is 11.4. The molecular formula is C21H38O3Si2. The van der Waals surface area contributed by atoms with E-state index in [9.17, 15) is 4.79 Å². The molecule has 1 aromatic carbocycles. The second kappa shape index (κ2) is 7.89. The molecule has 0 unspecified atom stereocenters. The quantitative estimate of drug-likeness (QED) is 0.378. The number of carbonyl (C=O) groups excluding carboxylic acids is 1. The lowest BCUT2D eigenvalue weighted by atomic mass is 10.0. The Kier molecular flexibility index (Phi) is 6.97. The molecular weight excluding hydrogens is 356 g/mol. The first kappa shape index (κ1) is 23.0. The van der Waals surface area contributed by atoms with E-state index in [-0.39, 0.29) is 10.8 Å². The van der Waals surface area contributed by atoms with E-state index >= 15 is 0 Å². The highest BCUT2D eigenvalue weighted by atomic mass is 28.4. The van der Waals surface area contributed by atoms with E-state index in [0.29, 0.717) is 5.56 Å². The van der Waals surface area contributed by atoms with E-state index in [4.69, 9.17) is 8.85 Å². The van der Waals surface area contributed by atoms with E-state index in [0.717, 1.165) is 29.9 Å². The van der Waals surface area contributed by atoms with Gasteiger partial charge in [-0.15, -0.1) is 0 Å². The zero-order valence-electron chi connectivity index (χ0n) is 18.4. The highest BCUT2D eigenvalue weighted by molar-refractivity contribution is 6.72. The van der Waals surface area contributed by atoms with Gasteiger partial charge in [-0.3, -0.25) is 4.79 Å². The molecule has 1 rings (SSSR count). The van der Waals surface area contributed by atoms with Gasteiger partial charge in [0.15, 0.2) is 0 Å². The van der Waals surface area contributed by atoms with Crippen molar-refractivity contribution in [2.24, 2.45) is 10.8 Å². The number of hydrogen-bond donors (Lipinski definition) is 0. The number of hydrogen-bond acceptors (Lipinski definition) is 3. The Morgan fingerprint density at radius 2 is 1.12 bits per heavy atom. The van der Waals surface area contributed by atoms with Crippen LogP contribution in [0.5, 0.6) is 11.5 Å². The van der Waals surface area contributed by atoms with Crippen LogP contribution < -0.4 is 8.85 Å². The largest absolute Gasteiger partial charge is 0.544 e. The van der Waals surface area contributed by atoms with Gasteiger partial charge in [0.05, 0.1) is 0 Å². The van der Waals surface area contributed by atoms with Gasteiger partial charge < -0.3 is 8.85 Å². The summed E-state index contributed by atoms with van der Waals surface area (Å²) >= 11 is 0. The van der Waals surface area contributed by atoms with Gasteiger partial charge in [-0.25, -0.2) is 0 Å². The highest BCUT2D eigenvalue weighted by Gasteiger charge is 2.33. The molecule has 26 heavy (non-hydrogen) atoms. The molecule has 0 heterocycles. The first-order valence-electron chi connectivity index (χ1n) is 9.49. The van der Waals surface area contributed by atoms with Crippen LogP contribution in [0.2, 0.25) is 38.3 Å². The number of carbonyl (C=O) groups is 1. The zero-order chi connectivity index (χ0) is 20.4. The van der Waals surface area contributed by atoms with Crippen molar-refractivity contribution in [2.75, 3.05) is 0 Å². The third-order valence-electron chi connectivity index (χ3n) is 3.74. The van der Waals surface area contributed by atoms with Crippen LogP contribution in [0.3, 0.4) is 0 Å². The Balaban J connectivity index is 3.07. The summed E-state index contributed by atoms with van der Waals surface area (Å²) in [6, 6.07) is 7.71. The fourth-order valence-electron chi connectivity index (χ4n) is 4.04. The molecule has 0 atom stereocenters. The molecule has 0 saturated carbocycles. The first-order chi connectivity index (χ1) is 11.5. The summed E-state index contributed by atoms with van der Waals surface area (Å²) < 4.78 is 12.8. The third kappa shape index (κ3) is 9.03. The van der Waals surface area contributed by atoms with Crippen molar-refractivity contribution in [1.82, 2.24) is 0 Å². The van der Waals surface area contributed by atoms with E-state index in [1.54, 1.807) is 0 Å². The van der Waals surface area contributed by atoms with Crippen LogP contribution in [-0.4, -0.2) is 22.9 Å². The van der Waals surface area contributed by atoms with Gasteiger partial charge >= 0.3 is 0 Å². The lowest BCUT2D eigenvalue weighted by Gasteiger charge is -2.32. The van der Waals surface area contributed by atoms with Crippen molar-refractivity contribution in [3.8, 4) is 11.5 Å². The lowest BCUT2D eigenvalue weighted by molar-refractivity contribution is 0.112. The van der Waals surface area contributed by atoms with Gasteiger partial charge in [0, 0.05) is 11.6 Å². The van der Waals surface area contributed by atoms with E-state index < -0.39 is 16.6 Å². The molecule has 0 saturated heterocycles. The molecule has 0 N–H and O–H groups in total. The summed E-state index contributed by atoms with van der Waals surface area (Å²) in [6.07, 6.45) is 0.871. The SMILES string of the molecule is CC(C)(C)C[Si](C)(C)Oc1cc(C=O)cc(O[Si](C)(C)CC(C)(C)C)c1. The Morgan fingerprint density at radius 1 is 0.769 bits per heavy atom. The van der Waals surface area contributed by atoms with Crippen molar-refractivity contribution in [3.05, 3.63) is 23.8 Å². The number of benzene rings is 1. The Morgan fingerprint density at radius 3 is 1.38 bits per heavy atom. The average molecular weight is 395 g/mol. The summed E-state index contributed by atoms with van der Waals surface area (Å²) in [4.78, 5) is 11.4. The fourth-order valence-corrected chi connectivity index (χ4v) is 10.8. The van der Waals surface area contributed by atoms with Gasteiger partial charge in [-0.05, 0) is 61.2 Å². The van der Waals surface area contributed by atoms with Gasteiger partial charge in [0.25, 0.3) is 0 Å². The summed E-state index contributed by atoms with van der Waals surface area (Å²) in [5, 5.41) is 0. The molecule has 0 aliphatic rings. The van der Waals surface area contributed by atoms with Gasteiger partial charge in [0.2, 0.25) is 16.6 Å². The molecule has 0 radical (unpaired) electrons.